The van der Waals surface area contributed by atoms with Crippen LogP contribution < -0.4 is 5.32 Å². The van der Waals surface area contributed by atoms with Crippen LogP contribution in [0.1, 0.15) is 33.1 Å². The first-order valence-electron chi connectivity index (χ1n) is 5.81. The van der Waals surface area contributed by atoms with Crippen molar-refractivity contribution in [2.45, 2.75) is 45.2 Å². The van der Waals surface area contributed by atoms with Gasteiger partial charge in [-0.25, -0.2) is 0 Å². The van der Waals surface area contributed by atoms with Crippen molar-refractivity contribution in [1.82, 2.24) is 10.2 Å². The molecule has 0 saturated carbocycles. The zero-order valence-corrected chi connectivity index (χ0v) is 9.83. The third-order valence-electron chi connectivity index (χ3n) is 2.73. The van der Waals surface area contributed by atoms with Crippen molar-refractivity contribution in [2.24, 2.45) is 0 Å². The Balaban J connectivity index is 2.52. The zero-order valence-electron chi connectivity index (χ0n) is 9.83. The molecule has 86 valence electrons. The summed E-state index contributed by atoms with van der Waals surface area (Å²) in [7, 11) is 0. The monoisotopic (exact) mass is 210 g/mol. The maximum absolute atomic E-state index is 11.5. The fourth-order valence-corrected chi connectivity index (χ4v) is 2.08. The van der Waals surface area contributed by atoms with Gasteiger partial charge in [0.25, 0.3) is 0 Å². The molecule has 1 fully saturated rings. The number of nitrogens with one attached hydrogen (secondary N) is 1. The highest BCUT2D eigenvalue weighted by molar-refractivity contribution is 5.87. The van der Waals surface area contributed by atoms with Crippen LogP contribution in [0.3, 0.4) is 0 Å². The Hall–Kier alpha value is -0.830. The molecule has 1 aliphatic heterocycles. The van der Waals surface area contributed by atoms with E-state index in [1.807, 2.05) is 4.90 Å². The lowest BCUT2D eigenvalue weighted by molar-refractivity contribution is -0.126. The molecule has 1 N–H and O–H groups in total. The Bertz CT molecular complexity index is 226. The van der Waals surface area contributed by atoms with E-state index in [1.165, 1.54) is 18.9 Å². The first-order valence-corrected chi connectivity index (χ1v) is 5.81. The lowest BCUT2D eigenvalue weighted by Gasteiger charge is -2.25. The van der Waals surface area contributed by atoms with Crippen molar-refractivity contribution in [3.05, 3.63) is 12.7 Å². The predicted octanol–water partition coefficient (Wildman–Crippen LogP) is 1.55. The quantitative estimate of drug-likeness (QED) is 0.717. The van der Waals surface area contributed by atoms with Crippen LogP contribution in [0.2, 0.25) is 0 Å². The van der Waals surface area contributed by atoms with Crippen molar-refractivity contribution in [2.75, 3.05) is 13.1 Å². The number of carbonyl (C=O) groups is 1. The van der Waals surface area contributed by atoms with Crippen LogP contribution in [-0.2, 0) is 4.79 Å². The highest BCUT2D eigenvalue weighted by Crippen LogP contribution is 2.11. The highest BCUT2D eigenvalue weighted by Gasteiger charge is 2.20. The van der Waals surface area contributed by atoms with E-state index < -0.39 is 0 Å². The van der Waals surface area contributed by atoms with Gasteiger partial charge in [-0.1, -0.05) is 26.8 Å². The predicted molar refractivity (Wildman–Crippen MR) is 62.7 cm³/mol. The second kappa shape index (κ2) is 5.91. The molecule has 1 heterocycles. The van der Waals surface area contributed by atoms with Gasteiger partial charge in [0, 0.05) is 25.2 Å². The fraction of sp³-hybridized carbons (Fsp3) is 0.750. The third-order valence-corrected chi connectivity index (χ3v) is 2.73. The van der Waals surface area contributed by atoms with Crippen molar-refractivity contribution in [3.8, 4) is 0 Å². The topological polar surface area (TPSA) is 32.3 Å². The van der Waals surface area contributed by atoms with Gasteiger partial charge in [-0.05, 0) is 18.9 Å². The number of likely N-dealkylation sites (tertiary alicyclic amines) is 1. The van der Waals surface area contributed by atoms with E-state index in [0.29, 0.717) is 12.1 Å². The van der Waals surface area contributed by atoms with Gasteiger partial charge in [-0.2, -0.15) is 0 Å². The molecule has 0 aromatic rings. The summed E-state index contributed by atoms with van der Waals surface area (Å²) in [4.78, 5) is 13.4. The maximum atomic E-state index is 11.5. The smallest absolute Gasteiger partial charge is 0.246 e. The number of hydrogen-bond donors (Lipinski definition) is 1. The van der Waals surface area contributed by atoms with Crippen molar-refractivity contribution in [3.63, 3.8) is 0 Å². The average molecular weight is 210 g/mol. The Kier molecular flexibility index (Phi) is 4.82. The van der Waals surface area contributed by atoms with Crippen molar-refractivity contribution >= 4 is 5.91 Å². The number of nitrogens with zero attached hydrogens (tertiary/aromatic N) is 1. The lowest BCUT2D eigenvalue weighted by Crippen LogP contribution is -2.44. The molecule has 0 aliphatic carbocycles. The van der Waals surface area contributed by atoms with Gasteiger partial charge in [0.05, 0.1) is 0 Å². The molecule has 1 saturated heterocycles. The average Bonchev–Trinajstić information content (AvgIpc) is 2.41. The summed E-state index contributed by atoms with van der Waals surface area (Å²) in [5.74, 6) is 0.0625. The second-order valence-electron chi connectivity index (χ2n) is 4.50. The van der Waals surface area contributed by atoms with Gasteiger partial charge >= 0.3 is 0 Å². The molecular weight excluding hydrogens is 188 g/mol. The van der Waals surface area contributed by atoms with E-state index in [9.17, 15) is 4.79 Å². The van der Waals surface area contributed by atoms with E-state index in [0.717, 1.165) is 19.5 Å². The molecule has 0 spiro atoms. The van der Waals surface area contributed by atoms with Gasteiger partial charge in [0.15, 0.2) is 0 Å². The number of amides is 1. The van der Waals surface area contributed by atoms with E-state index in [-0.39, 0.29) is 5.91 Å². The van der Waals surface area contributed by atoms with E-state index in [2.05, 4.69) is 25.7 Å². The minimum absolute atomic E-state index is 0.0625. The molecule has 0 aromatic carbocycles. The molecule has 0 radical (unpaired) electrons. The lowest BCUT2D eigenvalue weighted by atomic mass is 10.1. The standard InChI is InChI=1S/C12H22N2O/c1-4-12(15)14-8-6-5-7-11(9-14)13-10(2)3/h4,10-11,13H,1,5-9H2,2-3H3/t11-/m0/s1. The van der Waals surface area contributed by atoms with Gasteiger partial charge in [-0.3, -0.25) is 4.79 Å². The van der Waals surface area contributed by atoms with Crippen LogP contribution in [0.4, 0.5) is 0 Å². The van der Waals surface area contributed by atoms with Gasteiger partial charge in [-0.15, -0.1) is 0 Å². The SMILES string of the molecule is C=CC(=O)N1CCCC[C@H](NC(C)C)C1. The summed E-state index contributed by atoms with van der Waals surface area (Å²) in [5, 5.41) is 3.50. The minimum atomic E-state index is 0.0625. The molecule has 15 heavy (non-hydrogen) atoms. The van der Waals surface area contributed by atoms with Crippen LogP contribution in [0.25, 0.3) is 0 Å². The summed E-state index contributed by atoms with van der Waals surface area (Å²) < 4.78 is 0. The van der Waals surface area contributed by atoms with Crippen LogP contribution in [-0.4, -0.2) is 36.0 Å². The summed E-state index contributed by atoms with van der Waals surface area (Å²) in [6.07, 6.45) is 4.89. The second-order valence-corrected chi connectivity index (χ2v) is 4.50. The first kappa shape index (κ1) is 12.2. The van der Waals surface area contributed by atoms with Crippen LogP contribution in [0.15, 0.2) is 12.7 Å². The first-order chi connectivity index (χ1) is 7.13. The maximum Gasteiger partial charge on any atom is 0.246 e. The number of rotatable bonds is 3. The normalized spacial score (nSPS) is 22.6. The van der Waals surface area contributed by atoms with Crippen molar-refractivity contribution in [1.29, 1.82) is 0 Å². The largest absolute Gasteiger partial charge is 0.338 e. The molecular formula is C12H22N2O. The highest BCUT2D eigenvalue weighted by atomic mass is 16.2. The van der Waals surface area contributed by atoms with Crippen LogP contribution >= 0.6 is 0 Å². The van der Waals surface area contributed by atoms with E-state index in [4.69, 9.17) is 0 Å². The zero-order chi connectivity index (χ0) is 11.3. The molecule has 1 aliphatic rings. The molecule has 3 heteroatoms. The Morgan fingerprint density at radius 2 is 2.27 bits per heavy atom. The summed E-state index contributed by atoms with van der Waals surface area (Å²) in [6, 6.07) is 0.921. The molecule has 0 bridgehead atoms. The van der Waals surface area contributed by atoms with Gasteiger partial charge in [0.1, 0.15) is 0 Å². The summed E-state index contributed by atoms with van der Waals surface area (Å²) >= 11 is 0. The fourth-order valence-electron chi connectivity index (χ4n) is 2.08. The molecule has 1 amide bonds. The van der Waals surface area contributed by atoms with Gasteiger partial charge in [0.2, 0.25) is 5.91 Å². The summed E-state index contributed by atoms with van der Waals surface area (Å²) in [6.45, 7) is 9.53. The Morgan fingerprint density at radius 3 is 2.87 bits per heavy atom. The van der Waals surface area contributed by atoms with Crippen LogP contribution in [0, 0.1) is 0 Å². The molecule has 1 rings (SSSR count). The van der Waals surface area contributed by atoms with E-state index >= 15 is 0 Å². The minimum Gasteiger partial charge on any atom is -0.338 e. The van der Waals surface area contributed by atoms with Gasteiger partial charge < -0.3 is 10.2 Å². The summed E-state index contributed by atoms with van der Waals surface area (Å²) in [5.41, 5.74) is 0. The Morgan fingerprint density at radius 1 is 1.53 bits per heavy atom. The molecule has 0 unspecified atom stereocenters. The number of hydrogen-bond acceptors (Lipinski definition) is 2. The third kappa shape index (κ3) is 4.04. The molecule has 1 atom stereocenters. The molecule has 3 nitrogen and oxygen atoms in total. The molecule has 0 aromatic heterocycles. The Labute approximate surface area is 92.5 Å². The van der Waals surface area contributed by atoms with Crippen molar-refractivity contribution < 1.29 is 4.79 Å². The van der Waals surface area contributed by atoms with E-state index in [1.54, 1.807) is 0 Å². The number of carbonyl (C=O) groups excluding carboxylic acids is 1. The van der Waals surface area contributed by atoms with Crippen LogP contribution in [0.5, 0.6) is 0 Å².